The highest BCUT2D eigenvalue weighted by Gasteiger charge is 2.35. The Morgan fingerprint density at radius 3 is 3.00 bits per heavy atom. The summed E-state index contributed by atoms with van der Waals surface area (Å²) in [4.78, 5) is 18.4. The lowest BCUT2D eigenvalue weighted by atomic mass is 10.2. The van der Waals surface area contributed by atoms with E-state index in [1.54, 1.807) is 12.3 Å². The van der Waals surface area contributed by atoms with Gasteiger partial charge in [0.05, 0.1) is 12.6 Å². The van der Waals surface area contributed by atoms with Gasteiger partial charge in [0, 0.05) is 25.5 Å². The van der Waals surface area contributed by atoms with E-state index in [2.05, 4.69) is 11.6 Å². The first-order chi connectivity index (χ1) is 8.63. The van der Waals surface area contributed by atoms with Gasteiger partial charge < -0.3 is 15.2 Å². The number of carbonyl (C=O) groups is 1. The molecule has 0 saturated heterocycles. The number of rotatable bonds is 6. The van der Waals surface area contributed by atoms with Gasteiger partial charge >= 0.3 is 0 Å². The van der Waals surface area contributed by atoms with E-state index in [1.807, 2.05) is 22.7 Å². The van der Waals surface area contributed by atoms with Crippen molar-refractivity contribution in [2.75, 3.05) is 0 Å². The fourth-order valence-electron chi connectivity index (χ4n) is 1.97. The van der Waals surface area contributed by atoms with Crippen LogP contribution in [0.15, 0.2) is 25.0 Å². The zero-order valence-corrected chi connectivity index (χ0v) is 10.7. The number of nitrogens with two attached hydrogens (primary N) is 1. The number of hydrogen-bond donors (Lipinski definition) is 1. The zero-order chi connectivity index (χ0) is 13.1. The van der Waals surface area contributed by atoms with Crippen LogP contribution in [-0.4, -0.2) is 32.4 Å². The smallest absolute Gasteiger partial charge is 0.240 e. The SMILES string of the molecule is C=CCC(N)C(=O)N(Cc1nccn1C)C1CC1. The molecule has 1 unspecified atom stereocenters. The predicted molar refractivity (Wildman–Crippen MR) is 69.6 cm³/mol. The van der Waals surface area contributed by atoms with E-state index in [1.165, 1.54) is 0 Å². The number of amides is 1. The summed E-state index contributed by atoms with van der Waals surface area (Å²) in [5, 5.41) is 0. The van der Waals surface area contributed by atoms with E-state index < -0.39 is 6.04 Å². The number of imidazole rings is 1. The summed E-state index contributed by atoms with van der Waals surface area (Å²) in [6.07, 6.45) is 7.97. The van der Waals surface area contributed by atoms with Crippen molar-refractivity contribution >= 4 is 5.91 Å². The van der Waals surface area contributed by atoms with Crippen molar-refractivity contribution in [3.63, 3.8) is 0 Å². The second kappa shape index (κ2) is 5.35. The van der Waals surface area contributed by atoms with Gasteiger partial charge in [0.2, 0.25) is 5.91 Å². The molecule has 0 radical (unpaired) electrons. The molecular weight excluding hydrogens is 228 g/mol. The lowest BCUT2D eigenvalue weighted by Crippen LogP contribution is -2.44. The fraction of sp³-hybridized carbons (Fsp3) is 0.538. The molecule has 0 bridgehead atoms. The van der Waals surface area contributed by atoms with Crippen LogP contribution in [0, 0.1) is 0 Å². The normalized spacial score (nSPS) is 16.3. The van der Waals surface area contributed by atoms with Crippen LogP contribution < -0.4 is 5.73 Å². The molecule has 1 atom stereocenters. The van der Waals surface area contributed by atoms with E-state index in [0.29, 0.717) is 19.0 Å². The van der Waals surface area contributed by atoms with Gasteiger partial charge in [-0.3, -0.25) is 4.79 Å². The molecule has 1 aliphatic rings. The summed E-state index contributed by atoms with van der Waals surface area (Å²) in [5.74, 6) is 0.890. The standard InChI is InChI=1S/C13H20N4O/c1-3-4-11(14)13(18)17(10-5-6-10)9-12-15-7-8-16(12)2/h3,7-8,10-11H,1,4-6,9,14H2,2H3. The van der Waals surface area contributed by atoms with E-state index in [0.717, 1.165) is 18.7 Å². The maximum atomic E-state index is 12.3. The second-order valence-electron chi connectivity index (χ2n) is 4.78. The van der Waals surface area contributed by atoms with Gasteiger partial charge in [-0.1, -0.05) is 6.08 Å². The Balaban J connectivity index is 2.06. The third-order valence-electron chi connectivity index (χ3n) is 3.24. The summed E-state index contributed by atoms with van der Waals surface area (Å²) >= 11 is 0. The fourth-order valence-corrected chi connectivity index (χ4v) is 1.97. The van der Waals surface area contributed by atoms with Gasteiger partial charge in [0.25, 0.3) is 0 Å². The molecule has 98 valence electrons. The summed E-state index contributed by atoms with van der Waals surface area (Å²) in [7, 11) is 1.93. The molecule has 1 saturated carbocycles. The van der Waals surface area contributed by atoms with E-state index in [9.17, 15) is 4.79 Å². The van der Waals surface area contributed by atoms with Gasteiger partial charge in [-0.2, -0.15) is 0 Å². The average Bonchev–Trinajstić information content (AvgIpc) is 3.10. The first kappa shape index (κ1) is 12.8. The number of aryl methyl sites for hydroxylation is 1. The third kappa shape index (κ3) is 2.79. The molecule has 0 aliphatic heterocycles. The van der Waals surface area contributed by atoms with Crippen LogP contribution in [0.25, 0.3) is 0 Å². The number of nitrogens with zero attached hydrogens (tertiary/aromatic N) is 3. The van der Waals surface area contributed by atoms with E-state index in [4.69, 9.17) is 5.73 Å². The minimum atomic E-state index is -0.483. The van der Waals surface area contributed by atoms with Crippen molar-refractivity contribution in [1.29, 1.82) is 0 Å². The minimum Gasteiger partial charge on any atom is -0.337 e. The van der Waals surface area contributed by atoms with Crippen LogP contribution in [0.3, 0.4) is 0 Å². The Bertz CT molecular complexity index is 436. The van der Waals surface area contributed by atoms with E-state index in [-0.39, 0.29) is 5.91 Å². The molecule has 1 aromatic rings. The Hall–Kier alpha value is -1.62. The molecule has 18 heavy (non-hydrogen) atoms. The highest BCUT2D eigenvalue weighted by Crippen LogP contribution is 2.28. The molecule has 0 spiro atoms. The molecule has 1 heterocycles. The van der Waals surface area contributed by atoms with Crippen LogP contribution in [0.1, 0.15) is 25.1 Å². The van der Waals surface area contributed by atoms with Gasteiger partial charge in [-0.15, -0.1) is 6.58 Å². The molecule has 2 N–H and O–H groups in total. The third-order valence-corrected chi connectivity index (χ3v) is 3.24. The molecule has 1 aliphatic carbocycles. The van der Waals surface area contributed by atoms with Crippen molar-refractivity contribution in [1.82, 2.24) is 14.5 Å². The van der Waals surface area contributed by atoms with Crippen molar-refractivity contribution in [2.45, 2.75) is 37.9 Å². The maximum absolute atomic E-state index is 12.3. The summed E-state index contributed by atoms with van der Waals surface area (Å²) in [5.41, 5.74) is 5.87. The molecule has 1 aromatic heterocycles. The highest BCUT2D eigenvalue weighted by molar-refractivity contribution is 5.82. The Morgan fingerprint density at radius 1 is 1.78 bits per heavy atom. The largest absolute Gasteiger partial charge is 0.337 e. The molecule has 0 aromatic carbocycles. The Morgan fingerprint density at radius 2 is 2.50 bits per heavy atom. The van der Waals surface area contributed by atoms with Gasteiger partial charge in [-0.05, 0) is 19.3 Å². The molecule has 5 heteroatoms. The summed E-state index contributed by atoms with van der Waals surface area (Å²) < 4.78 is 1.93. The molecule has 2 rings (SSSR count). The van der Waals surface area contributed by atoms with Crippen LogP contribution in [0.4, 0.5) is 0 Å². The second-order valence-corrected chi connectivity index (χ2v) is 4.78. The highest BCUT2D eigenvalue weighted by atomic mass is 16.2. The average molecular weight is 248 g/mol. The van der Waals surface area contributed by atoms with Gasteiger partial charge in [0.1, 0.15) is 5.82 Å². The van der Waals surface area contributed by atoms with Crippen molar-refractivity contribution in [2.24, 2.45) is 12.8 Å². The lowest BCUT2D eigenvalue weighted by Gasteiger charge is -2.25. The number of hydrogen-bond acceptors (Lipinski definition) is 3. The maximum Gasteiger partial charge on any atom is 0.240 e. The van der Waals surface area contributed by atoms with Crippen LogP contribution in [0.2, 0.25) is 0 Å². The van der Waals surface area contributed by atoms with Crippen molar-refractivity contribution < 1.29 is 4.79 Å². The van der Waals surface area contributed by atoms with Crippen molar-refractivity contribution in [3.8, 4) is 0 Å². The molecular formula is C13H20N4O. The molecule has 1 amide bonds. The quantitative estimate of drug-likeness (QED) is 0.758. The first-order valence-electron chi connectivity index (χ1n) is 6.26. The summed E-state index contributed by atoms with van der Waals surface area (Å²) in [6, 6.07) is -0.145. The number of aromatic nitrogens is 2. The van der Waals surface area contributed by atoms with Gasteiger partial charge in [-0.25, -0.2) is 4.98 Å². The monoisotopic (exact) mass is 248 g/mol. The lowest BCUT2D eigenvalue weighted by molar-refractivity contribution is -0.133. The Kier molecular flexibility index (Phi) is 3.81. The molecule has 5 nitrogen and oxygen atoms in total. The van der Waals surface area contributed by atoms with Crippen LogP contribution in [0.5, 0.6) is 0 Å². The topological polar surface area (TPSA) is 64.2 Å². The zero-order valence-electron chi connectivity index (χ0n) is 10.7. The predicted octanol–water partition coefficient (Wildman–Crippen LogP) is 0.814. The first-order valence-corrected chi connectivity index (χ1v) is 6.26. The molecule has 1 fully saturated rings. The van der Waals surface area contributed by atoms with Crippen LogP contribution >= 0.6 is 0 Å². The summed E-state index contributed by atoms with van der Waals surface area (Å²) in [6.45, 7) is 4.17. The van der Waals surface area contributed by atoms with Crippen molar-refractivity contribution in [3.05, 3.63) is 30.9 Å². The Labute approximate surface area is 107 Å². The van der Waals surface area contributed by atoms with Gasteiger partial charge in [0.15, 0.2) is 0 Å². The number of carbonyl (C=O) groups excluding carboxylic acids is 1. The minimum absolute atomic E-state index is 0.000370. The van der Waals surface area contributed by atoms with E-state index >= 15 is 0 Å². The van der Waals surface area contributed by atoms with Crippen LogP contribution in [-0.2, 0) is 18.4 Å².